The van der Waals surface area contributed by atoms with E-state index in [1.54, 1.807) is 4.88 Å². The predicted octanol–water partition coefficient (Wildman–Crippen LogP) is 5.85. The summed E-state index contributed by atoms with van der Waals surface area (Å²) in [7, 11) is 0. The van der Waals surface area contributed by atoms with Gasteiger partial charge in [-0.1, -0.05) is 39.0 Å². The maximum absolute atomic E-state index is 12.6. The first-order valence-electron chi connectivity index (χ1n) is 13.1. The molecule has 5 rings (SSSR count). The van der Waals surface area contributed by atoms with Crippen molar-refractivity contribution in [1.82, 2.24) is 14.9 Å². The van der Waals surface area contributed by atoms with Crippen molar-refractivity contribution in [2.45, 2.75) is 96.3 Å². The standard InChI is InChI=1S/C26H38N4OS/c1-2-3-5-14-22(31)29-15-17-30(18-16-29)25-23-20-12-8-9-13-21(20)32-26(23)28-24(27-25)19-10-6-4-7-11-19/h19H,2-18H2,1H3. The van der Waals surface area contributed by atoms with E-state index in [4.69, 9.17) is 9.97 Å². The van der Waals surface area contributed by atoms with Gasteiger partial charge in [0, 0.05) is 43.4 Å². The number of thiophene rings is 1. The average Bonchev–Trinajstić information content (AvgIpc) is 3.23. The summed E-state index contributed by atoms with van der Waals surface area (Å²) < 4.78 is 0. The maximum Gasteiger partial charge on any atom is 0.222 e. The van der Waals surface area contributed by atoms with Crippen molar-refractivity contribution in [3.8, 4) is 0 Å². The third-order valence-electron chi connectivity index (χ3n) is 7.71. The fraction of sp³-hybridized carbons (Fsp3) is 0.731. The molecule has 0 radical (unpaired) electrons. The van der Waals surface area contributed by atoms with Crippen LogP contribution in [0.4, 0.5) is 5.82 Å². The summed E-state index contributed by atoms with van der Waals surface area (Å²) in [6.07, 6.45) is 15.4. The van der Waals surface area contributed by atoms with E-state index in [1.165, 1.54) is 85.8 Å². The molecular weight excluding hydrogens is 416 g/mol. The number of aryl methyl sites for hydroxylation is 2. The summed E-state index contributed by atoms with van der Waals surface area (Å²) in [6, 6.07) is 0. The van der Waals surface area contributed by atoms with Gasteiger partial charge in [-0.2, -0.15) is 0 Å². The maximum atomic E-state index is 12.6. The highest BCUT2D eigenvalue weighted by Gasteiger charge is 2.29. The number of anilines is 1. The van der Waals surface area contributed by atoms with Gasteiger partial charge in [0.15, 0.2) is 0 Å². The van der Waals surface area contributed by atoms with Gasteiger partial charge in [0.25, 0.3) is 0 Å². The van der Waals surface area contributed by atoms with Crippen molar-refractivity contribution in [2.75, 3.05) is 31.1 Å². The van der Waals surface area contributed by atoms with Gasteiger partial charge in [-0.25, -0.2) is 9.97 Å². The molecule has 5 nitrogen and oxygen atoms in total. The predicted molar refractivity (Wildman–Crippen MR) is 133 cm³/mol. The van der Waals surface area contributed by atoms with Crippen LogP contribution in [-0.4, -0.2) is 47.0 Å². The summed E-state index contributed by atoms with van der Waals surface area (Å²) >= 11 is 1.93. The monoisotopic (exact) mass is 454 g/mol. The highest BCUT2D eigenvalue weighted by molar-refractivity contribution is 7.19. The lowest BCUT2D eigenvalue weighted by atomic mass is 9.88. The highest BCUT2D eigenvalue weighted by atomic mass is 32.1. The van der Waals surface area contributed by atoms with Crippen LogP contribution in [0.1, 0.15) is 99.7 Å². The number of hydrogen-bond donors (Lipinski definition) is 0. The van der Waals surface area contributed by atoms with Crippen molar-refractivity contribution in [3.63, 3.8) is 0 Å². The first-order valence-corrected chi connectivity index (χ1v) is 13.9. The van der Waals surface area contributed by atoms with Gasteiger partial charge in [0.2, 0.25) is 5.91 Å². The van der Waals surface area contributed by atoms with Crippen LogP contribution >= 0.6 is 11.3 Å². The normalized spacial score (nSPS) is 20.0. The molecule has 2 aromatic heterocycles. The second-order valence-corrected chi connectivity index (χ2v) is 11.0. The molecule has 0 atom stereocenters. The first-order chi connectivity index (χ1) is 15.7. The Bertz CT molecular complexity index is 941. The molecule has 2 fully saturated rings. The molecule has 0 spiro atoms. The zero-order chi connectivity index (χ0) is 21.9. The molecule has 3 heterocycles. The third-order valence-corrected chi connectivity index (χ3v) is 8.89. The van der Waals surface area contributed by atoms with Crippen LogP contribution in [0, 0.1) is 0 Å². The Morgan fingerprint density at radius 1 is 0.969 bits per heavy atom. The molecule has 32 heavy (non-hydrogen) atoms. The molecule has 3 aliphatic rings. The van der Waals surface area contributed by atoms with Crippen molar-refractivity contribution in [2.24, 2.45) is 0 Å². The Balaban J connectivity index is 1.41. The minimum atomic E-state index is 0.335. The molecule has 6 heteroatoms. The summed E-state index contributed by atoms with van der Waals surface area (Å²) in [6.45, 7) is 5.61. The molecule has 0 unspecified atom stereocenters. The van der Waals surface area contributed by atoms with Crippen molar-refractivity contribution in [3.05, 3.63) is 16.3 Å². The molecule has 1 amide bonds. The Hall–Kier alpha value is -1.69. The fourth-order valence-electron chi connectivity index (χ4n) is 5.78. The average molecular weight is 455 g/mol. The topological polar surface area (TPSA) is 49.3 Å². The number of nitrogens with zero attached hydrogens (tertiary/aromatic N) is 4. The van der Waals surface area contributed by atoms with Gasteiger partial charge in [-0.05, 0) is 50.5 Å². The van der Waals surface area contributed by atoms with E-state index in [9.17, 15) is 4.79 Å². The zero-order valence-electron chi connectivity index (χ0n) is 19.7. The van der Waals surface area contributed by atoms with Crippen LogP contribution in [0.3, 0.4) is 0 Å². The lowest BCUT2D eigenvalue weighted by Gasteiger charge is -2.36. The number of piperazine rings is 1. The van der Waals surface area contributed by atoms with Crippen LogP contribution in [0.5, 0.6) is 0 Å². The van der Waals surface area contributed by atoms with Gasteiger partial charge in [-0.3, -0.25) is 4.79 Å². The van der Waals surface area contributed by atoms with Gasteiger partial charge < -0.3 is 9.80 Å². The van der Waals surface area contributed by atoms with Crippen LogP contribution in [0.25, 0.3) is 10.2 Å². The lowest BCUT2D eigenvalue weighted by molar-refractivity contribution is -0.131. The SMILES string of the molecule is CCCCCC(=O)N1CCN(c2nc(C3CCCCC3)nc3sc4c(c23)CCCC4)CC1. The molecule has 1 saturated heterocycles. The minimum absolute atomic E-state index is 0.335. The number of fused-ring (bicyclic) bond motifs is 3. The highest BCUT2D eigenvalue weighted by Crippen LogP contribution is 2.42. The van der Waals surface area contributed by atoms with Crippen LogP contribution in [-0.2, 0) is 17.6 Å². The van der Waals surface area contributed by atoms with E-state index >= 15 is 0 Å². The largest absolute Gasteiger partial charge is 0.352 e. The first kappa shape index (κ1) is 22.1. The summed E-state index contributed by atoms with van der Waals surface area (Å²) in [5.41, 5.74) is 1.53. The number of carbonyl (C=O) groups excluding carboxylic acids is 1. The second-order valence-electron chi connectivity index (χ2n) is 9.96. The Morgan fingerprint density at radius 2 is 1.75 bits per heavy atom. The van der Waals surface area contributed by atoms with Gasteiger partial charge in [0.05, 0.1) is 5.39 Å². The van der Waals surface area contributed by atoms with E-state index in [1.807, 2.05) is 11.3 Å². The molecule has 0 bridgehead atoms. The molecular formula is C26H38N4OS. The number of unbranched alkanes of at least 4 members (excludes halogenated alkanes) is 2. The lowest BCUT2D eigenvalue weighted by Crippen LogP contribution is -2.49. The molecule has 0 aromatic carbocycles. The number of amides is 1. The number of hydrogen-bond acceptors (Lipinski definition) is 5. The molecule has 1 aliphatic heterocycles. The number of carbonyl (C=O) groups is 1. The Kier molecular flexibility index (Phi) is 6.96. The fourth-order valence-corrected chi connectivity index (χ4v) is 7.04. The molecule has 1 saturated carbocycles. The van der Waals surface area contributed by atoms with E-state index < -0.39 is 0 Å². The van der Waals surface area contributed by atoms with Crippen molar-refractivity contribution < 1.29 is 4.79 Å². The number of aromatic nitrogens is 2. The summed E-state index contributed by atoms with van der Waals surface area (Å²) in [5, 5.41) is 1.34. The molecule has 2 aliphatic carbocycles. The number of rotatable bonds is 6. The van der Waals surface area contributed by atoms with Gasteiger partial charge >= 0.3 is 0 Å². The zero-order valence-corrected chi connectivity index (χ0v) is 20.5. The Labute approximate surface area is 196 Å². The summed E-state index contributed by atoms with van der Waals surface area (Å²) in [5.74, 6) is 3.12. The molecule has 0 N–H and O–H groups in total. The van der Waals surface area contributed by atoms with Crippen LogP contribution in [0.15, 0.2) is 0 Å². The Morgan fingerprint density at radius 3 is 2.53 bits per heavy atom. The van der Waals surface area contributed by atoms with Gasteiger partial charge in [-0.15, -0.1) is 11.3 Å². The van der Waals surface area contributed by atoms with Crippen LogP contribution < -0.4 is 4.90 Å². The van der Waals surface area contributed by atoms with E-state index in [0.29, 0.717) is 18.2 Å². The van der Waals surface area contributed by atoms with Gasteiger partial charge in [0.1, 0.15) is 16.5 Å². The summed E-state index contributed by atoms with van der Waals surface area (Å²) in [4.78, 5) is 30.4. The quantitative estimate of drug-likeness (QED) is 0.514. The van der Waals surface area contributed by atoms with E-state index in [2.05, 4.69) is 16.7 Å². The minimum Gasteiger partial charge on any atom is -0.352 e. The second kappa shape index (κ2) is 10.1. The third kappa shape index (κ3) is 4.52. The smallest absolute Gasteiger partial charge is 0.222 e. The molecule has 2 aromatic rings. The van der Waals surface area contributed by atoms with Crippen molar-refractivity contribution in [1.29, 1.82) is 0 Å². The van der Waals surface area contributed by atoms with E-state index in [0.717, 1.165) is 44.8 Å². The van der Waals surface area contributed by atoms with Crippen molar-refractivity contribution >= 4 is 33.3 Å². The van der Waals surface area contributed by atoms with Crippen LogP contribution in [0.2, 0.25) is 0 Å². The van der Waals surface area contributed by atoms with E-state index in [-0.39, 0.29) is 0 Å². The molecule has 174 valence electrons.